The highest BCUT2D eigenvalue weighted by molar-refractivity contribution is 6.66. The Kier molecular flexibility index (Phi) is 3.75. The van der Waals surface area contributed by atoms with E-state index in [1.54, 1.807) is 13.0 Å². The molecule has 0 unspecified atom stereocenters. The average Bonchev–Trinajstić information content (AvgIpc) is 2.84. The molecule has 0 radical (unpaired) electrons. The minimum absolute atomic E-state index is 0.165. The lowest BCUT2D eigenvalue weighted by atomic mass is 10.1. The summed E-state index contributed by atoms with van der Waals surface area (Å²) in [5, 5.41) is 7.06. The number of amides is 1. The molecule has 0 bridgehead atoms. The predicted octanol–water partition coefficient (Wildman–Crippen LogP) is 4.12. The van der Waals surface area contributed by atoms with Crippen molar-refractivity contribution in [3.05, 3.63) is 48.0 Å². The smallest absolute Gasteiger partial charge is 0.431 e. The van der Waals surface area contributed by atoms with Gasteiger partial charge in [0.15, 0.2) is 9.21 Å². The standard InChI is InChI=1S/C16H13Cl4N3O2/c1-2-25-13(24)22-16(20)14(17,15(16,18)19)12-9-8-11(21-23(12)22)10-6-4-3-5-7-10/h3-9,12H,2H2,1H3/t12-,14-,16+/m1/s1. The first-order valence-electron chi connectivity index (χ1n) is 7.64. The van der Waals surface area contributed by atoms with Gasteiger partial charge in [-0.3, -0.25) is 0 Å². The summed E-state index contributed by atoms with van der Waals surface area (Å²) in [4.78, 5) is 9.66. The maximum atomic E-state index is 12.5. The lowest BCUT2D eigenvalue weighted by Gasteiger charge is -2.36. The van der Waals surface area contributed by atoms with Crippen molar-refractivity contribution < 1.29 is 9.53 Å². The van der Waals surface area contributed by atoms with Gasteiger partial charge in [0.05, 0.1) is 12.3 Å². The second kappa shape index (κ2) is 5.43. The zero-order valence-electron chi connectivity index (χ0n) is 13.0. The molecule has 2 aliphatic heterocycles. The Morgan fingerprint density at radius 1 is 1.24 bits per heavy atom. The maximum Gasteiger partial charge on any atom is 0.431 e. The molecule has 132 valence electrons. The van der Waals surface area contributed by atoms with Crippen molar-refractivity contribution in [2.24, 2.45) is 5.10 Å². The fraction of sp³-hybridized carbons (Fsp3) is 0.375. The van der Waals surface area contributed by atoms with Crippen LogP contribution >= 0.6 is 46.4 Å². The molecule has 1 saturated heterocycles. The largest absolute Gasteiger partial charge is 0.448 e. The van der Waals surface area contributed by atoms with Crippen LogP contribution in [0.25, 0.3) is 0 Å². The van der Waals surface area contributed by atoms with E-state index in [9.17, 15) is 4.79 Å². The molecule has 1 amide bonds. The van der Waals surface area contributed by atoms with Gasteiger partial charge < -0.3 is 4.74 Å². The fourth-order valence-electron chi connectivity index (χ4n) is 3.32. The third-order valence-electron chi connectivity index (χ3n) is 4.60. The summed E-state index contributed by atoms with van der Waals surface area (Å²) in [7, 11) is 0. The number of fused-ring (bicyclic) bond motifs is 3. The van der Waals surface area contributed by atoms with Gasteiger partial charge in [-0.2, -0.15) is 15.2 Å². The summed E-state index contributed by atoms with van der Waals surface area (Å²) < 4.78 is 3.57. The van der Waals surface area contributed by atoms with Gasteiger partial charge in [-0.25, -0.2) is 4.79 Å². The first-order chi connectivity index (χ1) is 11.8. The molecule has 0 aromatic heterocycles. The lowest BCUT2D eigenvalue weighted by Crippen LogP contribution is -2.52. The van der Waals surface area contributed by atoms with E-state index in [1.165, 1.54) is 5.12 Å². The second-order valence-electron chi connectivity index (χ2n) is 5.89. The SMILES string of the molecule is CCOC(=O)N1N2N=C(c3ccccc3)C=C[C@@H]2[C@@]2(Cl)C(Cl)(Cl)[C@@]12Cl. The Balaban J connectivity index is 1.79. The number of hydrogen-bond donors (Lipinski definition) is 0. The zero-order chi connectivity index (χ0) is 18.0. The number of halogens is 4. The minimum Gasteiger partial charge on any atom is -0.448 e. The topological polar surface area (TPSA) is 45.1 Å². The lowest BCUT2D eigenvalue weighted by molar-refractivity contribution is -0.0243. The number of rotatable bonds is 2. The van der Waals surface area contributed by atoms with Crippen molar-refractivity contribution in [3.8, 4) is 0 Å². The molecule has 0 N–H and O–H groups in total. The van der Waals surface area contributed by atoms with Gasteiger partial charge in [0.25, 0.3) is 0 Å². The van der Waals surface area contributed by atoms with Gasteiger partial charge >= 0.3 is 6.09 Å². The molecule has 2 fully saturated rings. The summed E-state index contributed by atoms with van der Waals surface area (Å²) in [5.74, 6) is 0. The van der Waals surface area contributed by atoms with E-state index < -0.39 is 26.3 Å². The number of nitrogens with zero attached hydrogens (tertiary/aromatic N) is 3. The first-order valence-corrected chi connectivity index (χ1v) is 9.16. The number of carbonyl (C=O) groups excluding carboxylic acids is 1. The van der Waals surface area contributed by atoms with Crippen LogP contribution in [-0.2, 0) is 4.74 Å². The Labute approximate surface area is 164 Å². The van der Waals surface area contributed by atoms with Gasteiger partial charge in [0.1, 0.15) is 6.04 Å². The Hall–Kier alpha value is -1.14. The number of hydrogen-bond acceptors (Lipinski definition) is 4. The summed E-state index contributed by atoms with van der Waals surface area (Å²) in [6, 6.07) is 8.95. The predicted molar refractivity (Wildman–Crippen MR) is 98.2 cm³/mol. The molecule has 4 rings (SSSR count). The fourth-order valence-corrected chi connectivity index (χ4v) is 5.39. The van der Waals surface area contributed by atoms with Gasteiger partial charge in [0, 0.05) is 5.56 Å². The number of alkyl halides is 4. The second-order valence-corrected chi connectivity index (χ2v) is 8.37. The molecule has 3 atom stereocenters. The molecular weight excluding hydrogens is 408 g/mol. The van der Waals surface area contributed by atoms with Crippen LogP contribution in [0.5, 0.6) is 0 Å². The highest BCUT2D eigenvalue weighted by Crippen LogP contribution is 2.79. The Morgan fingerprint density at radius 3 is 2.56 bits per heavy atom. The van der Waals surface area contributed by atoms with Crippen molar-refractivity contribution in [1.29, 1.82) is 0 Å². The van der Waals surface area contributed by atoms with Crippen molar-refractivity contribution in [3.63, 3.8) is 0 Å². The van der Waals surface area contributed by atoms with Crippen LogP contribution in [0.4, 0.5) is 4.79 Å². The number of carbonyl (C=O) groups is 1. The molecule has 1 saturated carbocycles. The minimum atomic E-state index is -1.55. The van der Waals surface area contributed by atoms with E-state index >= 15 is 0 Å². The van der Waals surface area contributed by atoms with Crippen molar-refractivity contribution in [2.45, 2.75) is 27.2 Å². The molecule has 1 aromatic rings. The van der Waals surface area contributed by atoms with Gasteiger partial charge in [-0.1, -0.05) is 71.2 Å². The van der Waals surface area contributed by atoms with Gasteiger partial charge in [0.2, 0.25) is 5.00 Å². The van der Waals surface area contributed by atoms with Crippen molar-refractivity contribution in [2.75, 3.05) is 6.61 Å². The summed E-state index contributed by atoms with van der Waals surface area (Å²) in [5.41, 5.74) is 1.54. The monoisotopic (exact) mass is 419 g/mol. The van der Waals surface area contributed by atoms with E-state index in [2.05, 4.69) is 5.10 Å². The molecule has 1 aromatic carbocycles. The van der Waals surface area contributed by atoms with Gasteiger partial charge in [-0.05, 0) is 13.0 Å². The van der Waals surface area contributed by atoms with Gasteiger partial charge in [-0.15, -0.1) is 11.6 Å². The van der Waals surface area contributed by atoms with Crippen LogP contribution in [0.1, 0.15) is 12.5 Å². The molecular formula is C16H13Cl4N3O2. The highest BCUT2D eigenvalue weighted by atomic mass is 35.5. The van der Waals surface area contributed by atoms with E-state index in [0.29, 0.717) is 5.71 Å². The third-order valence-corrected chi connectivity index (χ3v) is 7.75. The summed E-state index contributed by atoms with van der Waals surface area (Å²) >= 11 is 26.0. The first kappa shape index (κ1) is 17.3. The maximum absolute atomic E-state index is 12.5. The zero-order valence-corrected chi connectivity index (χ0v) is 16.0. The number of ether oxygens (including phenoxy) is 1. The van der Waals surface area contributed by atoms with E-state index in [-0.39, 0.29) is 6.61 Å². The number of benzene rings is 1. The summed E-state index contributed by atoms with van der Waals surface area (Å²) in [6.45, 7) is 1.86. The van der Waals surface area contributed by atoms with Crippen LogP contribution in [-0.4, -0.2) is 48.8 Å². The number of hydrazine groups is 1. The quantitative estimate of drug-likeness (QED) is 0.534. The molecule has 9 heteroatoms. The molecule has 0 spiro atoms. The van der Waals surface area contributed by atoms with Crippen LogP contribution < -0.4 is 0 Å². The Morgan fingerprint density at radius 2 is 1.92 bits per heavy atom. The number of allylic oxidation sites excluding steroid dienone is 1. The van der Waals surface area contributed by atoms with E-state index in [0.717, 1.165) is 10.6 Å². The van der Waals surface area contributed by atoms with Crippen molar-refractivity contribution in [1.82, 2.24) is 10.1 Å². The number of hydrazone groups is 1. The van der Waals surface area contributed by atoms with Crippen LogP contribution in [0.3, 0.4) is 0 Å². The van der Waals surface area contributed by atoms with E-state index in [4.69, 9.17) is 51.1 Å². The molecule has 1 aliphatic carbocycles. The molecule has 3 aliphatic rings. The highest BCUT2D eigenvalue weighted by Gasteiger charge is 2.98. The Bertz CT molecular complexity index is 800. The average molecular weight is 421 g/mol. The normalized spacial score (nSPS) is 34.3. The van der Waals surface area contributed by atoms with Crippen LogP contribution in [0, 0.1) is 0 Å². The molecule has 2 heterocycles. The van der Waals surface area contributed by atoms with Crippen molar-refractivity contribution >= 4 is 58.2 Å². The molecule has 5 nitrogen and oxygen atoms in total. The summed E-state index contributed by atoms with van der Waals surface area (Å²) in [6.07, 6.45) is 2.90. The molecule has 25 heavy (non-hydrogen) atoms. The third kappa shape index (κ3) is 1.93. The van der Waals surface area contributed by atoms with Crippen LogP contribution in [0.15, 0.2) is 47.6 Å². The van der Waals surface area contributed by atoms with E-state index in [1.807, 2.05) is 36.4 Å². The van der Waals surface area contributed by atoms with Crippen LogP contribution in [0.2, 0.25) is 0 Å².